The van der Waals surface area contributed by atoms with Crippen LogP contribution in [0.2, 0.25) is 0 Å². The molecule has 0 unspecified atom stereocenters. The number of aromatic nitrogens is 6. The quantitative estimate of drug-likeness (QED) is 0.739. The number of amides is 2. The summed E-state index contributed by atoms with van der Waals surface area (Å²) in [6.45, 7) is 0. The van der Waals surface area contributed by atoms with E-state index in [1.54, 1.807) is 51.6 Å². The molecule has 0 aliphatic carbocycles. The zero-order chi connectivity index (χ0) is 18.0. The predicted octanol–water partition coefficient (Wildman–Crippen LogP) is 0.472. The molecule has 0 atom stereocenters. The summed E-state index contributed by atoms with van der Waals surface area (Å²) < 4.78 is 2.90. The van der Waals surface area contributed by atoms with Gasteiger partial charge in [0.25, 0.3) is 11.8 Å². The Morgan fingerprint density at radius 3 is 2.28 bits per heavy atom. The Kier molecular flexibility index (Phi) is 4.25. The highest BCUT2D eigenvalue weighted by atomic mass is 16.2. The van der Waals surface area contributed by atoms with Crippen molar-refractivity contribution in [3.63, 3.8) is 0 Å². The van der Waals surface area contributed by atoms with Crippen molar-refractivity contribution in [2.24, 2.45) is 14.1 Å². The minimum Gasteiger partial charge on any atom is -0.320 e. The van der Waals surface area contributed by atoms with Crippen LogP contribution in [0.1, 0.15) is 21.0 Å². The van der Waals surface area contributed by atoms with Crippen molar-refractivity contribution in [2.45, 2.75) is 0 Å². The molecule has 0 bridgehead atoms. The number of aryl methyl sites for hydroxylation is 2. The van der Waals surface area contributed by atoms with Gasteiger partial charge in [0.15, 0.2) is 11.4 Å². The Bertz CT molecular complexity index is 929. The number of hydrogen-bond acceptors (Lipinski definition) is 6. The Morgan fingerprint density at radius 2 is 1.68 bits per heavy atom. The summed E-state index contributed by atoms with van der Waals surface area (Å²) >= 11 is 0. The summed E-state index contributed by atoms with van der Waals surface area (Å²) in [4.78, 5) is 26.0. The Labute approximate surface area is 143 Å². The van der Waals surface area contributed by atoms with E-state index in [0.717, 1.165) is 0 Å². The smallest absolute Gasteiger partial charge is 0.280 e. The van der Waals surface area contributed by atoms with Crippen LogP contribution in [-0.4, -0.2) is 48.8 Å². The van der Waals surface area contributed by atoms with Crippen molar-refractivity contribution in [3.8, 4) is 0 Å². The number of carbonyl (C=O) groups excluding carboxylic acids is 2. The summed E-state index contributed by atoms with van der Waals surface area (Å²) in [5.41, 5.74) is 1.58. The Morgan fingerprint density at radius 1 is 1.04 bits per heavy atom. The van der Waals surface area contributed by atoms with Gasteiger partial charge in [-0.05, 0) is 18.2 Å². The summed E-state index contributed by atoms with van der Waals surface area (Å²) in [5, 5.41) is 17.8. The number of anilines is 2. The molecule has 128 valence electrons. The third-order valence-corrected chi connectivity index (χ3v) is 3.45. The molecule has 25 heavy (non-hydrogen) atoms. The molecule has 3 aromatic rings. The molecule has 10 nitrogen and oxygen atoms in total. The fraction of sp³-hybridized carbons (Fsp3) is 0.200. The summed E-state index contributed by atoms with van der Waals surface area (Å²) in [7, 11) is 4.99. The summed E-state index contributed by atoms with van der Waals surface area (Å²) in [5.74, 6) is -0.682. The Balaban J connectivity index is 1.76. The largest absolute Gasteiger partial charge is 0.320 e. The molecule has 0 radical (unpaired) electrons. The fourth-order valence-corrected chi connectivity index (χ4v) is 2.17. The third-order valence-electron chi connectivity index (χ3n) is 3.45. The van der Waals surface area contributed by atoms with E-state index in [1.165, 1.54) is 20.5 Å². The van der Waals surface area contributed by atoms with Gasteiger partial charge in [-0.25, -0.2) is 0 Å². The molecule has 0 saturated heterocycles. The maximum atomic E-state index is 12.4. The number of hydrogen-bond donors (Lipinski definition) is 1. The molecular weight excluding hydrogens is 324 g/mol. The van der Waals surface area contributed by atoms with Crippen LogP contribution in [0.15, 0.2) is 36.7 Å². The van der Waals surface area contributed by atoms with Gasteiger partial charge in [0, 0.05) is 32.5 Å². The van der Waals surface area contributed by atoms with Crippen molar-refractivity contribution in [1.29, 1.82) is 0 Å². The second-order valence-electron chi connectivity index (χ2n) is 5.42. The van der Waals surface area contributed by atoms with Crippen LogP contribution in [-0.2, 0) is 14.1 Å². The van der Waals surface area contributed by atoms with E-state index in [2.05, 4.69) is 25.9 Å². The second kappa shape index (κ2) is 6.51. The summed E-state index contributed by atoms with van der Waals surface area (Å²) in [6.07, 6.45) is 3.06. The van der Waals surface area contributed by atoms with Gasteiger partial charge in [-0.1, -0.05) is 16.5 Å². The van der Waals surface area contributed by atoms with E-state index in [-0.39, 0.29) is 23.2 Å². The van der Waals surface area contributed by atoms with Crippen LogP contribution < -0.4 is 10.2 Å². The predicted molar refractivity (Wildman–Crippen MR) is 89.1 cm³/mol. The lowest BCUT2D eigenvalue weighted by molar-refractivity contribution is 0.0986. The highest BCUT2D eigenvalue weighted by Crippen LogP contribution is 2.20. The standard InChI is InChI=1S/C15H16N8O2/c1-21-8-12(17-19-21)14(24)16-10-5-4-6-11(7-10)23(3)15(25)13-9-22(2)20-18-13/h4-9H,1-3H3,(H,16,24). The molecule has 2 heterocycles. The number of carbonyl (C=O) groups is 2. The van der Waals surface area contributed by atoms with Gasteiger partial charge < -0.3 is 10.2 Å². The average molecular weight is 340 g/mol. The number of benzene rings is 1. The molecule has 0 aliphatic heterocycles. The zero-order valence-corrected chi connectivity index (χ0v) is 13.9. The first kappa shape index (κ1) is 16.3. The monoisotopic (exact) mass is 340 g/mol. The minimum atomic E-state index is -0.381. The lowest BCUT2D eigenvalue weighted by atomic mass is 10.2. The minimum absolute atomic E-state index is 0.205. The molecule has 0 fully saturated rings. The molecule has 1 N–H and O–H groups in total. The molecule has 2 amide bonds. The number of nitrogens with one attached hydrogen (secondary N) is 1. The lowest BCUT2D eigenvalue weighted by Crippen LogP contribution is -2.26. The van der Waals surface area contributed by atoms with E-state index in [1.807, 2.05) is 0 Å². The van der Waals surface area contributed by atoms with E-state index in [9.17, 15) is 9.59 Å². The Hall–Kier alpha value is -3.56. The SMILES string of the molecule is CN(C(=O)c1cn(C)nn1)c1cccc(NC(=O)c2cn(C)nn2)c1. The normalized spacial score (nSPS) is 10.5. The zero-order valence-electron chi connectivity index (χ0n) is 13.9. The highest BCUT2D eigenvalue weighted by Gasteiger charge is 2.17. The first-order valence-corrected chi connectivity index (χ1v) is 7.36. The molecule has 1 aromatic carbocycles. The van der Waals surface area contributed by atoms with Crippen molar-refractivity contribution < 1.29 is 9.59 Å². The van der Waals surface area contributed by atoms with Crippen molar-refractivity contribution in [1.82, 2.24) is 30.0 Å². The van der Waals surface area contributed by atoms with E-state index in [0.29, 0.717) is 11.4 Å². The molecule has 0 saturated carbocycles. The molecule has 0 aliphatic rings. The average Bonchev–Trinajstić information content (AvgIpc) is 3.22. The van der Waals surface area contributed by atoms with Crippen molar-refractivity contribution >= 4 is 23.2 Å². The van der Waals surface area contributed by atoms with Gasteiger partial charge in [-0.15, -0.1) is 10.2 Å². The van der Waals surface area contributed by atoms with Crippen LogP contribution >= 0.6 is 0 Å². The molecule has 0 spiro atoms. The van der Waals surface area contributed by atoms with Gasteiger partial charge in [-0.2, -0.15) is 0 Å². The van der Waals surface area contributed by atoms with Gasteiger partial charge in [-0.3, -0.25) is 19.0 Å². The first-order valence-electron chi connectivity index (χ1n) is 7.36. The van der Waals surface area contributed by atoms with Crippen molar-refractivity contribution in [2.75, 3.05) is 17.3 Å². The number of nitrogens with zero attached hydrogens (tertiary/aromatic N) is 7. The maximum Gasteiger partial charge on any atom is 0.280 e. The topological polar surface area (TPSA) is 111 Å². The first-order chi connectivity index (χ1) is 11.9. The highest BCUT2D eigenvalue weighted by molar-refractivity contribution is 6.05. The van der Waals surface area contributed by atoms with Crippen LogP contribution in [0.5, 0.6) is 0 Å². The van der Waals surface area contributed by atoms with Gasteiger partial charge in [0.05, 0.1) is 12.4 Å². The molecule has 3 rings (SSSR count). The molecule has 2 aromatic heterocycles. The van der Waals surface area contributed by atoms with Gasteiger partial charge in [0.1, 0.15) is 0 Å². The molecular formula is C15H16N8O2. The maximum absolute atomic E-state index is 12.4. The van der Waals surface area contributed by atoms with E-state index >= 15 is 0 Å². The van der Waals surface area contributed by atoms with Crippen LogP contribution in [0.4, 0.5) is 11.4 Å². The summed E-state index contributed by atoms with van der Waals surface area (Å²) in [6, 6.07) is 6.90. The molecule has 10 heteroatoms. The third kappa shape index (κ3) is 3.52. The van der Waals surface area contributed by atoms with Crippen LogP contribution in [0, 0.1) is 0 Å². The lowest BCUT2D eigenvalue weighted by Gasteiger charge is -2.16. The van der Waals surface area contributed by atoms with Crippen molar-refractivity contribution in [3.05, 3.63) is 48.0 Å². The number of rotatable bonds is 4. The fourth-order valence-electron chi connectivity index (χ4n) is 2.17. The second-order valence-corrected chi connectivity index (χ2v) is 5.42. The van der Waals surface area contributed by atoms with Gasteiger partial charge in [0.2, 0.25) is 0 Å². The van der Waals surface area contributed by atoms with Crippen LogP contribution in [0.25, 0.3) is 0 Å². The van der Waals surface area contributed by atoms with E-state index < -0.39 is 0 Å². The van der Waals surface area contributed by atoms with E-state index in [4.69, 9.17) is 0 Å². The van der Waals surface area contributed by atoms with Gasteiger partial charge >= 0.3 is 0 Å². The van der Waals surface area contributed by atoms with Crippen LogP contribution in [0.3, 0.4) is 0 Å².